The normalized spacial score (nSPS) is 12.2. The SMILES string of the molecule is CC(C)CNC(=O)C(Cc1ccccc1)N(Cc1ccccc1F)C(=O)CN(c1ccccc1Br)S(C)(=O)=O. The smallest absolute Gasteiger partial charge is 0.244 e. The van der Waals surface area contributed by atoms with E-state index in [2.05, 4.69) is 21.2 Å². The minimum atomic E-state index is -3.90. The highest BCUT2D eigenvalue weighted by Gasteiger charge is 2.33. The number of anilines is 1. The fourth-order valence-electron chi connectivity index (χ4n) is 4.04. The Bertz CT molecular complexity index is 1390. The molecule has 7 nitrogen and oxygen atoms in total. The van der Waals surface area contributed by atoms with Crippen LogP contribution >= 0.6 is 15.9 Å². The molecule has 0 bridgehead atoms. The summed E-state index contributed by atoms with van der Waals surface area (Å²) in [6, 6.07) is 20.9. The Morgan fingerprint density at radius 1 is 0.949 bits per heavy atom. The molecule has 208 valence electrons. The second-order valence-corrected chi connectivity index (χ2v) is 12.4. The van der Waals surface area contributed by atoms with Gasteiger partial charge < -0.3 is 10.2 Å². The van der Waals surface area contributed by atoms with Gasteiger partial charge in [-0.1, -0.05) is 74.5 Å². The van der Waals surface area contributed by atoms with E-state index in [4.69, 9.17) is 0 Å². The Labute approximate surface area is 238 Å². The standard InChI is InChI=1S/C29H33BrFN3O4S/c1-21(2)18-32-29(36)27(17-22-11-5-4-6-12-22)33(19-23-13-7-9-15-25(23)31)28(35)20-34(39(3,37)38)26-16-10-8-14-24(26)30/h4-16,21,27H,17-20H2,1-3H3,(H,32,36). The van der Waals surface area contributed by atoms with Crippen LogP contribution in [-0.4, -0.2) is 50.5 Å². The molecule has 1 N–H and O–H groups in total. The van der Waals surface area contributed by atoms with Gasteiger partial charge in [0, 0.05) is 29.5 Å². The van der Waals surface area contributed by atoms with E-state index in [0.29, 0.717) is 11.0 Å². The first-order valence-corrected chi connectivity index (χ1v) is 15.2. The number of rotatable bonds is 12. The molecule has 3 aromatic carbocycles. The van der Waals surface area contributed by atoms with Crippen molar-refractivity contribution in [3.05, 3.63) is 100 Å². The summed E-state index contributed by atoms with van der Waals surface area (Å²) < 4.78 is 41.9. The molecular formula is C29H33BrFN3O4S. The van der Waals surface area contributed by atoms with Crippen molar-refractivity contribution in [2.24, 2.45) is 5.92 Å². The minimum Gasteiger partial charge on any atom is -0.354 e. The van der Waals surface area contributed by atoms with Crippen LogP contribution in [0.4, 0.5) is 10.1 Å². The Balaban J connectivity index is 2.06. The first kappa shape index (κ1) is 30.3. The highest BCUT2D eigenvalue weighted by Crippen LogP contribution is 2.28. The number of nitrogens with one attached hydrogen (secondary N) is 1. The third-order valence-corrected chi connectivity index (χ3v) is 7.85. The lowest BCUT2D eigenvalue weighted by Crippen LogP contribution is -2.53. The van der Waals surface area contributed by atoms with Gasteiger partial charge in [-0.15, -0.1) is 0 Å². The van der Waals surface area contributed by atoms with Crippen molar-refractivity contribution in [2.75, 3.05) is 23.7 Å². The zero-order valence-corrected chi connectivity index (χ0v) is 24.6. The number of benzene rings is 3. The van der Waals surface area contributed by atoms with Crippen LogP contribution in [-0.2, 0) is 32.6 Å². The molecule has 0 aromatic heterocycles. The van der Waals surface area contributed by atoms with Gasteiger partial charge in [-0.2, -0.15) is 0 Å². The second kappa shape index (κ2) is 13.7. The third-order valence-electron chi connectivity index (χ3n) is 6.05. The van der Waals surface area contributed by atoms with E-state index < -0.39 is 40.2 Å². The first-order valence-electron chi connectivity index (χ1n) is 12.5. The predicted molar refractivity (Wildman–Crippen MR) is 155 cm³/mol. The number of amides is 2. The van der Waals surface area contributed by atoms with Gasteiger partial charge in [0.25, 0.3) is 0 Å². The number of sulfonamides is 1. The number of para-hydroxylation sites is 1. The van der Waals surface area contributed by atoms with Crippen molar-refractivity contribution in [3.63, 3.8) is 0 Å². The molecule has 0 fully saturated rings. The Hall–Kier alpha value is -3.24. The van der Waals surface area contributed by atoms with E-state index in [1.807, 2.05) is 44.2 Å². The van der Waals surface area contributed by atoms with Crippen LogP contribution in [0.2, 0.25) is 0 Å². The topological polar surface area (TPSA) is 86.8 Å². The molecular weight excluding hydrogens is 585 g/mol. The Kier molecular flexibility index (Phi) is 10.7. The van der Waals surface area contributed by atoms with E-state index >= 15 is 0 Å². The van der Waals surface area contributed by atoms with Crippen LogP contribution in [0.25, 0.3) is 0 Å². The van der Waals surface area contributed by atoms with Gasteiger partial charge in [-0.25, -0.2) is 12.8 Å². The fourth-order valence-corrected chi connectivity index (χ4v) is 5.51. The van der Waals surface area contributed by atoms with Crippen LogP contribution in [0, 0.1) is 11.7 Å². The molecule has 0 saturated heterocycles. The van der Waals surface area contributed by atoms with Crippen molar-refractivity contribution in [3.8, 4) is 0 Å². The quantitative estimate of drug-likeness (QED) is 0.317. The van der Waals surface area contributed by atoms with Gasteiger partial charge in [0.05, 0.1) is 11.9 Å². The lowest BCUT2D eigenvalue weighted by Gasteiger charge is -2.34. The van der Waals surface area contributed by atoms with E-state index in [1.54, 1.807) is 42.5 Å². The largest absolute Gasteiger partial charge is 0.354 e. The molecule has 0 aliphatic carbocycles. The molecule has 39 heavy (non-hydrogen) atoms. The highest BCUT2D eigenvalue weighted by molar-refractivity contribution is 9.10. The summed E-state index contributed by atoms with van der Waals surface area (Å²) in [5, 5.41) is 2.90. The van der Waals surface area contributed by atoms with Gasteiger partial charge >= 0.3 is 0 Å². The number of carbonyl (C=O) groups is 2. The van der Waals surface area contributed by atoms with Crippen molar-refractivity contribution in [1.82, 2.24) is 10.2 Å². The highest BCUT2D eigenvalue weighted by atomic mass is 79.9. The van der Waals surface area contributed by atoms with Crippen LogP contribution in [0.5, 0.6) is 0 Å². The predicted octanol–water partition coefficient (Wildman–Crippen LogP) is 4.77. The number of hydrogen-bond acceptors (Lipinski definition) is 4. The molecule has 0 saturated carbocycles. The monoisotopic (exact) mass is 617 g/mol. The summed E-state index contributed by atoms with van der Waals surface area (Å²) in [5.74, 6) is -1.40. The Morgan fingerprint density at radius 2 is 1.56 bits per heavy atom. The molecule has 1 unspecified atom stereocenters. The van der Waals surface area contributed by atoms with E-state index in [-0.39, 0.29) is 30.1 Å². The summed E-state index contributed by atoms with van der Waals surface area (Å²) >= 11 is 3.37. The van der Waals surface area contributed by atoms with Gasteiger partial charge in [0.2, 0.25) is 21.8 Å². The van der Waals surface area contributed by atoms with Crippen LogP contribution in [0.15, 0.2) is 83.3 Å². The average molecular weight is 619 g/mol. The fraction of sp³-hybridized carbons (Fsp3) is 0.310. The number of nitrogens with zero attached hydrogens (tertiary/aromatic N) is 2. The first-order chi connectivity index (χ1) is 18.5. The maximum Gasteiger partial charge on any atom is 0.244 e. The van der Waals surface area contributed by atoms with Gasteiger partial charge in [0.15, 0.2) is 0 Å². The van der Waals surface area contributed by atoms with Crippen LogP contribution in [0.3, 0.4) is 0 Å². The number of hydrogen-bond donors (Lipinski definition) is 1. The van der Waals surface area contributed by atoms with Crippen LogP contribution in [0.1, 0.15) is 25.0 Å². The molecule has 0 aliphatic rings. The molecule has 0 aliphatic heterocycles. The van der Waals surface area contributed by atoms with Gasteiger partial charge in [0.1, 0.15) is 18.4 Å². The second-order valence-electron chi connectivity index (χ2n) is 9.68. The van der Waals surface area contributed by atoms with E-state index in [1.165, 1.54) is 11.0 Å². The lowest BCUT2D eigenvalue weighted by atomic mass is 10.0. The molecule has 3 rings (SSSR count). The zero-order valence-electron chi connectivity index (χ0n) is 22.2. The van der Waals surface area contributed by atoms with Crippen molar-refractivity contribution >= 4 is 43.5 Å². The molecule has 2 amide bonds. The minimum absolute atomic E-state index is 0.165. The zero-order chi connectivity index (χ0) is 28.6. The number of carbonyl (C=O) groups excluding carboxylic acids is 2. The van der Waals surface area contributed by atoms with Crippen molar-refractivity contribution in [2.45, 2.75) is 32.9 Å². The third kappa shape index (κ3) is 8.63. The summed E-state index contributed by atoms with van der Waals surface area (Å²) in [7, 11) is -3.90. The van der Waals surface area contributed by atoms with Gasteiger partial charge in [-0.05, 0) is 45.6 Å². The maximum absolute atomic E-state index is 14.8. The van der Waals surface area contributed by atoms with E-state index in [0.717, 1.165) is 16.1 Å². The Morgan fingerprint density at radius 3 is 2.18 bits per heavy atom. The summed E-state index contributed by atoms with van der Waals surface area (Å²) in [6.45, 7) is 3.51. The van der Waals surface area contributed by atoms with Crippen molar-refractivity contribution in [1.29, 1.82) is 0 Å². The maximum atomic E-state index is 14.8. The van der Waals surface area contributed by atoms with Crippen LogP contribution < -0.4 is 9.62 Å². The number of halogens is 2. The molecule has 0 heterocycles. The molecule has 0 radical (unpaired) electrons. The lowest BCUT2D eigenvalue weighted by molar-refractivity contribution is -0.140. The molecule has 0 spiro atoms. The van der Waals surface area contributed by atoms with Crippen molar-refractivity contribution < 1.29 is 22.4 Å². The molecule has 1 atom stereocenters. The molecule has 10 heteroatoms. The summed E-state index contributed by atoms with van der Waals surface area (Å²) in [5.41, 5.74) is 1.30. The summed E-state index contributed by atoms with van der Waals surface area (Å²) in [4.78, 5) is 28.8. The van der Waals surface area contributed by atoms with Gasteiger partial charge in [-0.3, -0.25) is 13.9 Å². The average Bonchev–Trinajstić information content (AvgIpc) is 2.89. The molecule has 3 aromatic rings. The van der Waals surface area contributed by atoms with E-state index in [9.17, 15) is 22.4 Å². The summed E-state index contributed by atoms with van der Waals surface area (Å²) in [6.07, 6.45) is 1.18.